The maximum Gasteiger partial charge on any atom is 0.254 e. The summed E-state index contributed by atoms with van der Waals surface area (Å²) in [7, 11) is 1.71. The molecule has 1 aliphatic heterocycles. The molecule has 1 atom stereocenters. The van der Waals surface area contributed by atoms with Crippen molar-refractivity contribution in [2.24, 2.45) is 5.92 Å². The van der Waals surface area contributed by atoms with E-state index < -0.39 is 0 Å². The highest BCUT2D eigenvalue weighted by Gasteiger charge is 2.28. The van der Waals surface area contributed by atoms with Crippen molar-refractivity contribution in [2.45, 2.75) is 70.4 Å². The average molecular weight is 343 g/mol. The normalized spacial score (nSPS) is 22.1. The van der Waals surface area contributed by atoms with Gasteiger partial charge in [0, 0.05) is 25.8 Å². The van der Waals surface area contributed by atoms with E-state index in [1.165, 1.54) is 57.8 Å². The van der Waals surface area contributed by atoms with E-state index in [1.54, 1.807) is 13.4 Å². The summed E-state index contributed by atoms with van der Waals surface area (Å²) in [6.45, 7) is 1.61. The second kappa shape index (κ2) is 7.68. The SMILES string of the molecule is COCc1cc(N2CCCC2CCC2CCCCC2)n2ncnc2n1. The van der Waals surface area contributed by atoms with Crippen LogP contribution in [-0.4, -0.2) is 39.3 Å². The van der Waals surface area contributed by atoms with Crippen LogP contribution in [0.3, 0.4) is 0 Å². The van der Waals surface area contributed by atoms with Crippen molar-refractivity contribution in [3.05, 3.63) is 18.1 Å². The maximum atomic E-state index is 5.29. The smallest absolute Gasteiger partial charge is 0.254 e. The van der Waals surface area contributed by atoms with Crippen LogP contribution in [0.2, 0.25) is 0 Å². The largest absolute Gasteiger partial charge is 0.378 e. The molecule has 1 saturated heterocycles. The van der Waals surface area contributed by atoms with Crippen LogP contribution < -0.4 is 4.90 Å². The first kappa shape index (κ1) is 16.8. The Labute approximate surface area is 149 Å². The lowest BCUT2D eigenvalue weighted by Gasteiger charge is -2.29. The summed E-state index contributed by atoms with van der Waals surface area (Å²) in [6, 6.07) is 2.75. The number of fused-ring (bicyclic) bond motifs is 1. The van der Waals surface area contributed by atoms with Gasteiger partial charge in [0.2, 0.25) is 0 Å². The Morgan fingerprint density at radius 3 is 2.84 bits per heavy atom. The fourth-order valence-corrected chi connectivity index (χ4v) is 4.61. The van der Waals surface area contributed by atoms with Crippen LogP contribution in [0.5, 0.6) is 0 Å². The molecule has 2 aromatic rings. The van der Waals surface area contributed by atoms with Gasteiger partial charge in [-0.1, -0.05) is 32.1 Å². The number of rotatable bonds is 6. The van der Waals surface area contributed by atoms with Crippen LogP contribution in [0.15, 0.2) is 12.4 Å². The van der Waals surface area contributed by atoms with E-state index in [0.717, 1.165) is 24.0 Å². The van der Waals surface area contributed by atoms with Crippen molar-refractivity contribution in [1.82, 2.24) is 19.6 Å². The third-order valence-corrected chi connectivity index (χ3v) is 5.88. The molecule has 6 nitrogen and oxygen atoms in total. The van der Waals surface area contributed by atoms with Crippen LogP contribution in [0.25, 0.3) is 5.78 Å². The predicted octanol–water partition coefficient (Wildman–Crippen LogP) is 3.60. The molecule has 2 aliphatic rings. The Balaban J connectivity index is 1.52. The lowest BCUT2D eigenvalue weighted by molar-refractivity contribution is 0.181. The van der Waals surface area contributed by atoms with E-state index in [4.69, 9.17) is 4.74 Å². The van der Waals surface area contributed by atoms with E-state index in [-0.39, 0.29) is 0 Å². The zero-order valence-corrected chi connectivity index (χ0v) is 15.2. The van der Waals surface area contributed by atoms with E-state index in [9.17, 15) is 0 Å². The van der Waals surface area contributed by atoms with Gasteiger partial charge in [-0.2, -0.15) is 14.6 Å². The zero-order valence-electron chi connectivity index (χ0n) is 15.2. The number of ether oxygens (including phenoxy) is 1. The lowest BCUT2D eigenvalue weighted by Crippen LogP contribution is -2.32. The third-order valence-electron chi connectivity index (χ3n) is 5.88. The van der Waals surface area contributed by atoms with E-state index in [0.29, 0.717) is 18.4 Å². The van der Waals surface area contributed by atoms with Crippen molar-refractivity contribution < 1.29 is 4.74 Å². The summed E-state index contributed by atoms with van der Waals surface area (Å²) in [5.74, 6) is 2.74. The Morgan fingerprint density at radius 1 is 1.12 bits per heavy atom. The molecule has 2 aromatic heterocycles. The molecular formula is C19H29N5O. The van der Waals surface area contributed by atoms with Crippen LogP contribution >= 0.6 is 0 Å². The zero-order chi connectivity index (χ0) is 17.1. The number of nitrogens with zero attached hydrogens (tertiary/aromatic N) is 5. The molecule has 0 radical (unpaired) electrons. The predicted molar refractivity (Wildman–Crippen MR) is 97.7 cm³/mol. The molecule has 0 spiro atoms. The Kier molecular flexibility index (Phi) is 5.15. The highest BCUT2D eigenvalue weighted by molar-refractivity contribution is 5.49. The maximum absolute atomic E-state index is 5.29. The van der Waals surface area contributed by atoms with Crippen molar-refractivity contribution >= 4 is 11.6 Å². The van der Waals surface area contributed by atoms with Gasteiger partial charge in [0.1, 0.15) is 12.1 Å². The number of methoxy groups -OCH3 is 1. The van der Waals surface area contributed by atoms with Crippen LogP contribution in [0, 0.1) is 5.92 Å². The van der Waals surface area contributed by atoms with Crippen molar-refractivity contribution in [2.75, 3.05) is 18.6 Å². The minimum atomic E-state index is 0.511. The number of anilines is 1. The Hall–Kier alpha value is -1.69. The molecule has 4 rings (SSSR count). The Morgan fingerprint density at radius 2 is 2.00 bits per heavy atom. The summed E-state index contributed by atoms with van der Waals surface area (Å²) in [5, 5.41) is 4.41. The summed E-state index contributed by atoms with van der Waals surface area (Å²) >= 11 is 0. The molecule has 1 unspecified atom stereocenters. The lowest BCUT2D eigenvalue weighted by atomic mass is 9.85. The van der Waals surface area contributed by atoms with Gasteiger partial charge < -0.3 is 9.64 Å². The van der Waals surface area contributed by atoms with E-state index >= 15 is 0 Å². The van der Waals surface area contributed by atoms with Crippen LogP contribution in [-0.2, 0) is 11.3 Å². The number of hydrogen-bond donors (Lipinski definition) is 0. The fraction of sp³-hybridized carbons (Fsp3) is 0.737. The molecule has 0 N–H and O–H groups in total. The Bertz CT molecular complexity index is 694. The highest BCUT2D eigenvalue weighted by Crippen LogP contribution is 2.33. The minimum absolute atomic E-state index is 0.511. The highest BCUT2D eigenvalue weighted by atomic mass is 16.5. The molecule has 25 heavy (non-hydrogen) atoms. The van der Waals surface area contributed by atoms with Crippen molar-refractivity contribution in [1.29, 1.82) is 0 Å². The second-order valence-electron chi connectivity index (χ2n) is 7.58. The van der Waals surface area contributed by atoms with Gasteiger partial charge in [-0.15, -0.1) is 0 Å². The molecular weight excluding hydrogens is 314 g/mol. The van der Waals surface area contributed by atoms with Gasteiger partial charge in [0.15, 0.2) is 0 Å². The molecule has 0 aromatic carbocycles. The molecule has 1 saturated carbocycles. The average Bonchev–Trinajstić information content (AvgIpc) is 3.29. The molecule has 1 aliphatic carbocycles. The first-order valence-electron chi connectivity index (χ1n) is 9.80. The molecule has 0 amide bonds. The molecule has 6 heteroatoms. The number of hydrogen-bond acceptors (Lipinski definition) is 5. The monoisotopic (exact) mass is 343 g/mol. The van der Waals surface area contributed by atoms with Gasteiger partial charge in [0.25, 0.3) is 5.78 Å². The van der Waals surface area contributed by atoms with Gasteiger partial charge in [-0.05, 0) is 31.6 Å². The van der Waals surface area contributed by atoms with E-state index in [2.05, 4.69) is 26.0 Å². The van der Waals surface area contributed by atoms with Crippen LogP contribution in [0.1, 0.15) is 63.5 Å². The first-order valence-corrected chi connectivity index (χ1v) is 9.80. The topological polar surface area (TPSA) is 55.6 Å². The molecule has 136 valence electrons. The fourth-order valence-electron chi connectivity index (χ4n) is 4.61. The third kappa shape index (κ3) is 3.64. The van der Waals surface area contributed by atoms with Crippen molar-refractivity contribution in [3.8, 4) is 0 Å². The second-order valence-corrected chi connectivity index (χ2v) is 7.58. The minimum Gasteiger partial charge on any atom is -0.378 e. The molecule has 2 fully saturated rings. The number of aromatic nitrogens is 4. The summed E-state index contributed by atoms with van der Waals surface area (Å²) in [5.41, 5.74) is 0.927. The van der Waals surface area contributed by atoms with E-state index in [1.807, 2.05) is 4.52 Å². The molecule has 3 heterocycles. The summed E-state index contributed by atoms with van der Waals surface area (Å²) in [6.07, 6.45) is 14.0. The van der Waals surface area contributed by atoms with Gasteiger partial charge in [-0.3, -0.25) is 0 Å². The van der Waals surface area contributed by atoms with Gasteiger partial charge >= 0.3 is 0 Å². The summed E-state index contributed by atoms with van der Waals surface area (Å²) < 4.78 is 7.17. The molecule has 0 bridgehead atoms. The first-order chi connectivity index (χ1) is 12.3. The van der Waals surface area contributed by atoms with Gasteiger partial charge in [0.05, 0.1) is 12.3 Å². The van der Waals surface area contributed by atoms with Crippen LogP contribution in [0.4, 0.5) is 5.82 Å². The summed E-state index contributed by atoms with van der Waals surface area (Å²) in [4.78, 5) is 11.4. The van der Waals surface area contributed by atoms with Crippen molar-refractivity contribution in [3.63, 3.8) is 0 Å². The standard InChI is InChI=1S/C19H29N5O/c1-25-13-16-12-18(24-19(22-16)20-14-21-24)23-11-5-8-17(23)10-9-15-6-3-2-4-7-15/h12,14-15,17H,2-11,13H2,1H3. The quantitative estimate of drug-likeness (QED) is 0.802. The van der Waals surface area contributed by atoms with Gasteiger partial charge in [-0.25, -0.2) is 4.98 Å².